The molecule has 0 bridgehead atoms. The lowest BCUT2D eigenvalue weighted by Crippen LogP contribution is -2.38. The van der Waals surface area contributed by atoms with Crippen LogP contribution in [0.15, 0.2) is 18.2 Å². The maximum atomic E-state index is 12.1. The Morgan fingerprint density at radius 1 is 1.48 bits per heavy atom. The van der Waals surface area contributed by atoms with E-state index in [1.165, 1.54) is 0 Å². The number of hydrogen-bond donors (Lipinski definition) is 1. The van der Waals surface area contributed by atoms with Gasteiger partial charge in [0.1, 0.15) is 0 Å². The Balaban J connectivity index is 2.27. The molecule has 0 spiro atoms. The number of hydrogen-bond acceptors (Lipinski definition) is 5. The van der Waals surface area contributed by atoms with Crippen LogP contribution < -0.4 is 10.6 Å². The van der Waals surface area contributed by atoms with Crippen molar-refractivity contribution in [2.45, 2.75) is 19.8 Å². The molecule has 0 aromatic heterocycles. The molecule has 5 nitrogen and oxygen atoms in total. The van der Waals surface area contributed by atoms with E-state index in [4.69, 9.17) is 15.2 Å². The molecule has 0 aliphatic carbocycles. The van der Waals surface area contributed by atoms with Gasteiger partial charge in [0.15, 0.2) is 0 Å². The molecule has 5 heteroatoms. The molecule has 2 rings (SSSR count). The number of nitrogens with zero attached hydrogens (tertiary/aromatic N) is 1. The van der Waals surface area contributed by atoms with Crippen molar-refractivity contribution >= 4 is 17.3 Å². The monoisotopic (exact) mass is 292 g/mol. The van der Waals surface area contributed by atoms with E-state index in [-0.39, 0.29) is 5.97 Å². The minimum absolute atomic E-state index is 0.311. The highest BCUT2D eigenvalue weighted by atomic mass is 16.5. The summed E-state index contributed by atoms with van der Waals surface area (Å²) in [4.78, 5) is 14.3. The van der Waals surface area contributed by atoms with Crippen LogP contribution in [0, 0.1) is 5.92 Å². The fourth-order valence-electron chi connectivity index (χ4n) is 2.93. The molecule has 1 heterocycles. The average Bonchev–Trinajstić information content (AvgIpc) is 2.48. The van der Waals surface area contributed by atoms with Gasteiger partial charge in [-0.15, -0.1) is 0 Å². The molecule has 0 saturated carbocycles. The van der Waals surface area contributed by atoms with Gasteiger partial charge in [-0.2, -0.15) is 0 Å². The van der Waals surface area contributed by atoms with E-state index in [1.807, 2.05) is 6.07 Å². The SMILES string of the molecule is CCOC(=O)c1cccc(N)c1N1CCCC(COC)C1. The number of anilines is 2. The summed E-state index contributed by atoms with van der Waals surface area (Å²) in [6, 6.07) is 5.41. The largest absolute Gasteiger partial charge is 0.462 e. The van der Waals surface area contributed by atoms with Gasteiger partial charge < -0.3 is 20.1 Å². The van der Waals surface area contributed by atoms with Crippen LogP contribution in [0.1, 0.15) is 30.1 Å². The normalized spacial score (nSPS) is 18.6. The molecule has 1 atom stereocenters. The van der Waals surface area contributed by atoms with Crippen molar-refractivity contribution in [2.24, 2.45) is 5.92 Å². The average molecular weight is 292 g/mol. The first-order chi connectivity index (χ1) is 10.2. The van der Waals surface area contributed by atoms with Gasteiger partial charge in [-0.1, -0.05) is 6.07 Å². The van der Waals surface area contributed by atoms with E-state index in [0.29, 0.717) is 23.8 Å². The first-order valence-corrected chi connectivity index (χ1v) is 7.46. The zero-order valence-corrected chi connectivity index (χ0v) is 12.8. The van der Waals surface area contributed by atoms with Gasteiger partial charge in [0.05, 0.1) is 30.2 Å². The minimum Gasteiger partial charge on any atom is -0.462 e. The molecule has 1 fully saturated rings. The molecule has 116 valence electrons. The van der Waals surface area contributed by atoms with E-state index >= 15 is 0 Å². The first kappa shape index (κ1) is 15.6. The fourth-order valence-corrected chi connectivity index (χ4v) is 2.93. The lowest BCUT2D eigenvalue weighted by Gasteiger charge is -2.35. The molecular formula is C16H24N2O3. The summed E-state index contributed by atoms with van der Waals surface area (Å²) < 4.78 is 10.4. The maximum Gasteiger partial charge on any atom is 0.340 e. The summed E-state index contributed by atoms with van der Waals surface area (Å²) in [6.07, 6.45) is 2.22. The van der Waals surface area contributed by atoms with Crippen LogP contribution >= 0.6 is 0 Å². The standard InChI is InChI=1S/C16H24N2O3/c1-3-21-16(19)13-7-4-8-14(17)15(13)18-9-5-6-12(10-18)11-20-2/h4,7-8,12H,3,5-6,9-11,17H2,1-2H3. The number of methoxy groups -OCH3 is 1. The second kappa shape index (κ2) is 7.31. The van der Waals surface area contributed by atoms with Gasteiger partial charge in [0.2, 0.25) is 0 Å². The Bertz CT molecular complexity index is 488. The second-order valence-corrected chi connectivity index (χ2v) is 5.37. The number of nitrogens with two attached hydrogens (primary N) is 1. The summed E-state index contributed by atoms with van der Waals surface area (Å²) in [5, 5.41) is 0. The molecule has 0 radical (unpaired) electrons. The van der Waals surface area contributed by atoms with Crippen molar-refractivity contribution in [3.8, 4) is 0 Å². The highest BCUT2D eigenvalue weighted by Gasteiger charge is 2.25. The van der Waals surface area contributed by atoms with Crippen LogP contribution in [0.3, 0.4) is 0 Å². The molecule has 1 aromatic rings. The number of esters is 1. The third-order valence-corrected chi connectivity index (χ3v) is 3.80. The second-order valence-electron chi connectivity index (χ2n) is 5.37. The number of carbonyl (C=O) groups is 1. The molecule has 1 aliphatic rings. The summed E-state index contributed by atoms with van der Waals surface area (Å²) in [6.45, 7) is 4.66. The fraction of sp³-hybridized carbons (Fsp3) is 0.562. The van der Waals surface area contributed by atoms with Crippen molar-refractivity contribution < 1.29 is 14.3 Å². The highest BCUT2D eigenvalue weighted by Crippen LogP contribution is 2.32. The predicted octanol–water partition coefficient (Wildman–Crippen LogP) is 2.31. The molecule has 1 saturated heterocycles. The number of nitrogen functional groups attached to an aromatic ring is 1. The van der Waals surface area contributed by atoms with Crippen molar-refractivity contribution in [2.75, 3.05) is 44.0 Å². The lowest BCUT2D eigenvalue weighted by atomic mass is 9.97. The van der Waals surface area contributed by atoms with Crippen LogP contribution in [0.5, 0.6) is 0 Å². The van der Waals surface area contributed by atoms with Gasteiger partial charge in [-0.25, -0.2) is 4.79 Å². The summed E-state index contributed by atoms with van der Waals surface area (Å²) >= 11 is 0. The van der Waals surface area contributed by atoms with E-state index in [1.54, 1.807) is 26.2 Å². The zero-order valence-electron chi connectivity index (χ0n) is 12.8. The molecule has 1 aromatic carbocycles. The Morgan fingerprint density at radius 3 is 3.00 bits per heavy atom. The molecular weight excluding hydrogens is 268 g/mol. The number of para-hydroxylation sites is 1. The topological polar surface area (TPSA) is 64.8 Å². The van der Waals surface area contributed by atoms with E-state index in [0.717, 1.165) is 38.2 Å². The molecule has 21 heavy (non-hydrogen) atoms. The van der Waals surface area contributed by atoms with Crippen molar-refractivity contribution in [3.05, 3.63) is 23.8 Å². The van der Waals surface area contributed by atoms with Crippen LogP contribution in [0.4, 0.5) is 11.4 Å². The summed E-state index contributed by atoms with van der Waals surface area (Å²) in [7, 11) is 1.72. The number of piperidine rings is 1. The Morgan fingerprint density at radius 2 is 2.29 bits per heavy atom. The van der Waals surface area contributed by atoms with Crippen LogP contribution in [-0.2, 0) is 9.47 Å². The third kappa shape index (κ3) is 3.67. The number of benzene rings is 1. The number of carbonyl (C=O) groups excluding carboxylic acids is 1. The highest BCUT2D eigenvalue weighted by molar-refractivity contribution is 5.99. The van der Waals surface area contributed by atoms with Crippen molar-refractivity contribution in [3.63, 3.8) is 0 Å². The van der Waals surface area contributed by atoms with Crippen molar-refractivity contribution in [1.82, 2.24) is 0 Å². The van der Waals surface area contributed by atoms with Gasteiger partial charge in [0, 0.05) is 20.2 Å². The zero-order chi connectivity index (χ0) is 15.2. The quantitative estimate of drug-likeness (QED) is 0.666. The third-order valence-electron chi connectivity index (χ3n) is 3.80. The van der Waals surface area contributed by atoms with Crippen molar-refractivity contribution in [1.29, 1.82) is 0 Å². The Kier molecular flexibility index (Phi) is 5.44. The maximum absolute atomic E-state index is 12.1. The van der Waals surface area contributed by atoms with Gasteiger partial charge in [-0.3, -0.25) is 0 Å². The molecule has 2 N–H and O–H groups in total. The van der Waals surface area contributed by atoms with Crippen LogP contribution in [0.2, 0.25) is 0 Å². The smallest absolute Gasteiger partial charge is 0.340 e. The first-order valence-electron chi connectivity index (χ1n) is 7.46. The Hall–Kier alpha value is -1.75. The summed E-state index contributed by atoms with van der Waals surface area (Å²) in [5.41, 5.74) is 8.10. The minimum atomic E-state index is -0.311. The molecule has 0 amide bonds. The molecule has 1 aliphatic heterocycles. The van der Waals surface area contributed by atoms with E-state index in [9.17, 15) is 4.79 Å². The van der Waals surface area contributed by atoms with E-state index < -0.39 is 0 Å². The lowest BCUT2D eigenvalue weighted by molar-refractivity contribution is 0.0527. The Labute approximate surface area is 126 Å². The predicted molar refractivity (Wildman–Crippen MR) is 83.6 cm³/mol. The van der Waals surface area contributed by atoms with Crippen LogP contribution in [-0.4, -0.2) is 39.4 Å². The van der Waals surface area contributed by atoms with Gasteiger partial charge in [0.25, 0.3) is 0 Å². The van der Waals surface area contributed by atoms with Crippen LogP contribution in [0.25, 0.3) is 0 Å². The van der Waals surface area contributed by atoms with Gasteiger partial charge in [-0.05, 0) is 37.8 Å². The summed E-state index contributed by atoms with van der Waals surface area (Å²) in [5.74, 6) is 0.159. The van der Waals surface area contributed by atoms with Gasteiger partial charge >= 0.3 is 5.97 Å². The molecule has 1 unspecified atom stereocenters. The number of ether oxygens (including phenoxy) is 2. The number of rotatable bonds is 5. The van der Waals surface area contributed by atoms with E-state index in [2.05, 4.69) is 4.90 Å².